The molecule has 0 spiro atoms. The van der Waals surface area contributed by atoms with Gasteiger partial charge in [0.25, 0.3) is 0 Å². The van der Waals surface area contributed by atoms with Gasteiger partial charge in [0.1, 0.15) is 0 Å². The number of likely N-dealkylation sites (N-methyl/N-ethyl adjacent to an activating group) is 1. The molecule has 0 radical (unpaired) electrons. The van der Waals surface area contributed by atoms with Crippen molar-refractivity contribution in [3.63, 3.8) is 0 Å². The van der Waals surface area contributed by atoms with Crippen LogP contribution in [0.2, 0.25) is 0 Å². The summed E-state index contributed by atoms with van der Waals surface area (Å²) in [4.78, 5) is 16.2. The first-order valence-electron chi connectivity index (χ1n) is 8.80. The number of sulfonamides is 1. The van der Waals surface area contributed by atoms with Crippen LogP contribution in [-0.2, 0) is 21.4 Å². The molecule has 138 valence electrons. The topological polar surface area (TPSA) is 60.9 Å². The largest absolute Gasteiger partial charge is 0.312 e. The highest BCUT2D eigenvalue weighted by Gasteiger charge is 2.40. The van der Waals surface area contributed by atoms with Crippen LogP contribution in [0.3, 0.4) is 0 Å². The minimum atomic E-state index is -3.27. The second-order valence-electron chi connectivity index (χ2n) is 7.26. The van der Waals surface area contributed by atoms with Gasteiger partial charge in [0.05, 0.1) is 6.26 Å². The number of carbonyl (C=O) groups excluding carboxylic acids is 1. The Bertz CT molecular complexity index is 750. The summed E-state index contributed by atoms with van der Waals surface area (Å²) in [6.07, 6.45) is 3.71. The number of nitrogens with zero attached hydrogens (tertiary/aromatic N) is 3. The third-order valence-corrected chi connectivity index (χ3v) is 6.61. The molecule has 0 aliphatic carbocycles. The van der Waals surface area contributed by atoms with E-state index in [2.05, 4.69) is 4.90 Å². The summed E-state index contributed by atoms with van der Waals surface area (Å²) in [5.74, 6) is -0.00481. The molecule has 1 aromatic rings. The number of hydrogen-bond donors (Lipinski definition) is 0. The minimum Gasteiger partial charge on any atom is -0.312 e. The molecule has 1 fully saturated rings. The summed E-state index contributed by atoms with van der Waals surface area (Å²) in [6.45, 7) is 3.52. The number of carbonyl (C=O) groups is 1. The fraction of sp³-hybridized carbons (Fsp3) is 0.611. The van der Waals surface area contributed by atoms with Crippen LogP contribution in [0.15, 0.2) is 24.3 Å². The Hall–Kier alpha value is -1.44. The molecular weight excluding hydrogens is 338 g/mol. The van der Waals surface area contributed by atoms with E-state index in [1.165, 1.54) is 6.26 Å². The molecule has 1 amide bonds. The van der Waals surface area contributed by atoms with Crippen LogP contribution in [0, 0.1) is 0 Å². The lowest BCUT2D eigenvalue weighted by atomic mass is 10.1. The Kier molecular flexibility index (Phi) is 5.18. The average Bonchev–Trinajstić information content (AvgIpc) is 2.89. The van der Waals surface area contributed by atoms with Gasteiger partial charge in [-0.1, -0.05) is 18.2 Å². The van der Waals surface area contributed by atoms with E-state index in [1.807, 2.05) is 31.3 Å². The highest BCUT2D eigenvalue weighted by molar-refractivity contribution is 7.88. The minimum absolute atomic E-state index is 0.00481. The Balaban J connectivity index is 2.00. The van der Waals surface area contributed by atoms with Crippen molar-refractivity contribution in [3.8, 4) is 0 Å². The molecule has 6 nitrogen and oxygen atoms in total. The van der Waals surface area contributed by atoms with Gasteiger partial charge in [-0.3, -0.25) is 4.79 Å². The molecule has 25 heavy (non-hydrogen) atoms. The summed E-state index contributed by atoms with van der Waals surface area (Å²) in [5, 5.41) is 0. The van der Waals surface area contributed by atoms with Crippen molar-refractivity contribution in [2.24, 2.45) is 0 Å². The molecule has 2 aliphatic heterocycles. The summed E-state index contributed by atoms with van der Waals surface area (Å²) in [6, 6.07) is 7.95. The quantitative estimate of drug-likeness (QED) is 0.760. The van der Waals surface area contributed by atoms with Gasteiger partial charge in [-0.05, 0) is 37.9 Å². The number of fused-ring (bicyclic) bond motifs is 3. The first-order valence-corrected chi connectivity index (χ1v) is 10.6. The van der Waals surface area contributed by atoms with Gasteiger partial charge in [0.2, 0.25) is 15.9 Å². The van der Waals surface area contributed by atoms with E-state index < -0.39 is 10.0 Å². The van der Waals surface area contributed by atoms with Crippen LogP contribution in [0.4, 0.5) is 5.69 Å². The number of amides is 1. The number of rotatable bonds is 1. The molecule has 2 aliphatic rings. The predicted octanol–water partition coefficient (Wildman–Crippen LogP) is 1.67. The van der Waals surface area contributed by atoms with E-state index >= 15 is 0 Å². The van der Waals surface area contributed by atoms with Crippen molar-refractivity contribution in [3.05, 3.63) is 29.8 Å². The maximum absolute atomic E-state index is 12.4. The van der Waals surface area contributed by atoms with E-state index in [9.17, 15) is 13.2 Å². The fourth-order valence-electron chi connectivity index (χ4n) is 4.27. The maximum atomic E-state index is 12.4. The average molecular weight is 365 g/mol. The second-order valence-corrected chi connectivity index (χ2v) is 9.15. The zero-order valence-electron chi connectivity index (χ0n) is 15.2. The third-order valence-electron chi connectivity index (χ3n) is 5.25. The van der Waals surface area contributed by atoms with E-state index in [4.69, 9.17) is 0 Å². The Morgan fingerprint density at radius 3 is 2.48 bits per heavy atom. The predicted molar refractivity (Wildman–Crippen MR) is 98.9 cm³/mol. The number of hydrogen-bond acceptors (Lipinski definition) is 4. The zero-order chi connectivity index (χ0) is 18.2. The Labute approximate surface area is 150 Å². The van der Waals surface area contributed by atoms with Crippen molar-refractivity contribution in [2.45, 2.75) is 44.8 Å². The molecule has 2 heterocycles. The van der Waals surface area contributed by atoms with Gasteiger partial charge in [0.15, 0.2) is 0 Å². The maximum Gasteiger partial charge on any atom is 0.223 e. The summed E-state index contributed by atoms with van der Waals surface area (Å²) >= 11 is 0. The van der Waals surface area contributed by atoms with E-state index in [-0.39, 0.29) is 18.0 Å². The van der Waals surface area contributed by atoms with Crippen LogP contribution in [0.5, 0.6) is 0 Å². The summed E-state index contributed by atoms with van der Waals surface area (Å²) in [7, 11) is -1.25. The van der Waals surface area contributed by atoms with Gasteiger partial charge in [-0.15, -0.1) is 0 Å². The van der Waals surface area contributed by atoms with Gasteiger partial charge in [0, 0.05) is 44.3 Å². The molecule has 3 rings (SSSR count). The lowest BCUT2D eigenvalue weighted by molar-refractivity contribution is -0.116. The first kappa shape index (κ1) is 18.4. The molecule has 0 N–H and O–H groups in total. The molecule has 0 aromatic heterocycles. The van der Waals surface area contributed by atoms with Crippen molar-refractivity contribution >= 4 is 21.6 Å². The Morgan fingerprint density at radius 2 is 1.80 bits per heavy atom. The number of benzene rings is 1. The van der Waals surface area contributed by atoms with Crippen molar-refractivity contribution in [1.29, 1.82) is 0 Å². The van der Waals surface area contributed by atoms with Crippen LogP contribution in [0.1, 0.15) is 31.7 Å². The summed E-state index contributed by atoms with van der Waals surface area (Å²) < 4.78 is 26.4. The van der Waals surface area contributed by atoms with Crippen LogP contribution < -0.4 is 4.90 Å². The van der Waals surface area contributed by atoms with Gasteiger partial charge in [-0.25, -0.2) is 8.42 Å². The highest BCUT2D eigenvalue weighted by Crippen LogP contribution is 2.32. The van der Waals surface area contributed by atoms with E-state index in [0.717, 1.165) is 24.1 Å². The van der Waals surface area contributed by atoms with Crippen molar-refractivity contribution in [1.82, 2.24) is 9.21 Å². The van der Waals surface area contributed by atoms with Gasteiger partial charge < -0.3 is 9.80 Å². The summed E-state index contributed by atoms with van der Waals surface area (Å²) in [5.41, 5.74) is 2.04. The normalized spacial score (nSPS) is 26.1. The lowest BCUT2D eigenvalue weighted by Gasteiger charge is -2.30. The fourth-order valence-corrected chi connectivity index (χ4v) is 5.74. The SMILES string of the molecule is CC(=O)N1CC[C@H]2CC[C@@H](CN(C)Cc3ccccc31)N2S(C)(=O)=O. The monoisotopic (exact) mass is 365 g/mol. The van der Waals surface area contributed by atoms with Gasteiger partial charge >= 0.3 is 0 Å². The number of anilines is 1. The zero-order valence-corrected chi connectivity index (χ0v) is 16.0. The third kappa shape index (κ3) is 3.88. The second kappa shape index (κ2) is 7.05. The van der Waals surface area contributed by atoms with E-state index in [0.29, 0.717) is 26.1 Å². The van der Waals surface area contributed by atoms with Gasteiger partial charge in [-0.2, -0.15) is 4.31 Å². The molecule has 2 bridgehead atoms. The smallest absolute Gasteiger partial charge is 0.223 e. The first-order chi connectivity index (χ1) is 11.8. The Morgan fingerprint density at radius 1 is 1.12 bits per heavy atom. The molecule has 7 heteroatoms. The molecule has 0 unspecified atom stereocenters. The van der Waals surface area contributed by atoms with Crippen molar-refractivity contribution in [2.75, 3.05) is 31.3 Å². The van der Waals surface area contributed by atoms with Crippen LogP contribution in [0.25, 0.3) is 0 Å². The molecule has 1 saturated heterocycles. The standard InChI is InChI=1S/C18H27N3O3S/c1-14(22)20-11-10-16-8-9-17(21(16)25(3,23)24)13-19(2)12-15-6-4-5-7-18(15)20/h4-7,16-17H,8-13H2,1-3H3/t16-,17+/m1/s1. The van der Waals surface area contributed by atoms with Crippen LogP contribution >= 0.6 is 0 Å². The van der Waals surface area contributed by atoms with Crippen molar-refractivity contribution < 1.29 is 13.2 Å². The van der Waals surface area contributed by atoms with E-state index in [1.54, 1.807) is 16.1 Å². The molecule has 1 aromatic carbocycles. The lowest BCUT2D eigenvalue weighted by Crippen LogP contribution is -2.45. The highest BCUT2D eigenvalue weighted by atomic mass is 32.2. The molecular formula is C18H27N3O3S. The number of para-hydroxylation sites is 1. The molecule has 2 atom stereocenters. The van der Waals surface area contributed by atoms with Crippen LogP contribution in [-0.4, -0.2) is 62.0 Å². The molecule has 0 saturated carbocycles.